The molecule has 1 atom stereocenters. The molecule has 1 aromatic carbocycles. The van der Waals surface area contributed by atoms with Gasteiger partial charge in [0.25, 0.3) is 17.7 Å². The predicted molar refractivity (Wildman–Crippen MR) is 107 cm³/mol. The van der Waals surface area contributed by atoms with Crippen LogP contribution in [0.5, 0.6) is 0 Å². The second-order valence-electron chi connectivity index (χ2n) is 7.20. The summed E-state index contributed by atoms with van der Waals surface area (Å²) in [7, 11) is 1.62. The number of rotatable bonds is 7. The van der Waals surface area contributed by atoms with Crippen LogP contribution < -0.4 is 0 Å². The third-order valence-corrected chi connectivity index (χ3v) is 5.47. The maximum absolute atomic E-state index is 12.7. The second-order valence-corrected chi connectivity index (χ2v) is 7.98. The number of fused-ring (bicyclic) bond motifs is 1. The van der Waals surface area contributed by atoms with Crippen LogP contribution in [0.1, 0.15) is 40.1 Å². The molecule has 29 heavy (non-hydrogen) atoms. The van der Waals surface area contributed by atoms with Gasteiger partial charge in [0.05, 0.1) is 11.1 Å². The van der Waals surface area contributed by atoms with Crippen LogP contribution in [0.25, 0.3) is 0 Å². The zero-order chi connectivity index (χ0) is 21.1. The van der Waals surface area contributed by atoms with Crippen LogP contribution in [0.15, 0.2) is 41.1 Å². The van der Waals surface area contributed by atoms with E-state index in [4.69, 9.17) is 4.74 Å². The lowest BCUT2D eigenvalue weighted by Gasteiger charge is -2.27. The molecule has 2 heterocycles. The van der Waals surface area contributed by atoms with Gasteiger partial charge in [0.1, 0.15) is 6.04 Å². The van der Waals surface area contributed by atoms with Crippen LogP contribution in [-0.4, -0.2) is 53.2 Å². The lowest BCUT2D eigenvalue weighted by Crippen LogP contribution is -2.49. The number of hydrogen-bond donors (Lipinski definition) is 0. The fraction of sp³-hybridized carbons (Fsp3) is 0.333. The summed E-state index contributed by atoms with van der Waals surface area (Å²) in [6.07, 6.45) is 0. The second kappa shape index (κ2) is 8.57. The Labute approximate surface area is 172 Å². The van der Waals surface area contributed by atoms with Crippen LogP contribution in [0.3, 0.4) is 0 Å². The smallest absolute Gasteiger partial charge is 0.330 e. The number of ether oxygens (including phenoxy) is 1. The minimum Gasteiger partial charge on any atom is -0.454 e. The lowest BCUT2D eigenvalue weighted by atomic mass is 10.0. The van der Waals surface area contributed by atoms with E-state index in [0.717, 1.165) is 10.5 Å². The standard InChI is InChI=1S/C21H22N2O5S/c1-13(2)18(23-19(25)15-6-4-5-7-16(15)20(23)26)21(27)28-11-17(24)22(3)10-14-8-9-29-12-14/h4-9,12-13,18H,10-11H2,1-3H3/t18-/m1/s1. The molecule has 0 radical (unpaired) electrons. The molecule has 1 aliphatic rings. The first kappa shape index (κ1) is 20.7. The molecule has 0 aliphatic carbocycles. The highest BCUT2D eigenvalue weighted by Crippen LogP contribution is 2.27. The highest BCUT2D eigenvalue weighted by molar-refractivity contribution is 7.07. The highest BCUT2D eigenvalue weighted by atomic mass is 32.1. The molecule has 7 nitrogen and oxygen atoms in total. The predicted octanol–water partition coefficient (Wildman–Crippen LogP) is 2.57. The van der Waals surface area contributed by atoms with Gasteiger partial charge in [0.15, 0.2) is 6.61 Å². The van der Waals surface area contributed by atoms with Crippen molar-refractivity contribution in [3.8, 4) is 0 Å². The van der Waals surface area contributed by atoms with Crippen LogP contribution in [0.2, 0.25) is 0 Å². The molecule has 0 fully saturated rings. The Kier molecular flexibility index (Phi) is 6.12. The van der Waals surface area contributed by atoms with E-state index >= 15 is 0 Å². The maximum Gasteiger partial charge on any atom is 0.330 e. The molecule has 152 valence electrons. The van der Waals surface area contributed by atoms with Crippen molar-refractivity contribution in [2.24, 2.45) is 5.92 Å². The van der Waals surface area contributed by atoms with E-state index in [1.165, 1.54) is 16.2 Å². The monoisotopic (exact) mass is 414 g/mol. The third kappa shape index (κ3) is 4.22. The summed E-state index contributed by atoms with van der Waals surface area (Å²) in [6, 6.07) is 7.26. The fourth-order valence-corrected chi connectivity index (χ4v) is 3.87. The van der Waals surface area contributed by atoms with Crippen molar-refractivity contribution in [1.82, 2.24) is 9.80 Å². The van der Waals surface area contributed by atoms with Crippen molar-refractivity contribution in [3.05, 3.63) is 57.8 Å². The minimum atomic E-state index is -1.10. The average Bonchev–Trinajstić information content (AvgIpc) is 3.29. The number of carbonyl (C=O) groups is 4. The summed E-state index contributed by atoms with van der Waals surface area (Å²) >= 11 is 1.54. The fourth-order valence-electron chi connectivity index (χ4n) is 3.21. The van der Waals surface area contributed by atoms with Crippen LogP contribution in [0, 0.1) is 5.92 Å². The van der Waals surface area contributed by atoms with E-state index in [-0.39, 0.29) is 23.0 Å². The average molecular weight is 414 g/mol. The van der Waals surface area contributed by atoms with Gasteiger partial charge in [-0.3, -0.25) is 19.3 Å². The number of amides is 3. The quantitative estimate of drug-likeness (QED) is 0.514. The Morgan fingerprint density at radius 3 is 2.24 bits per heavy atom. The van der Waals surface area contributed by atoms with Crippen molar-refractivity contribution in [1.29, 1.82) is 0 Å². The summed E-state index contributed by atoms with van der Waals surface area (Å²) in [5.74, 6) is -2.56. The number of benzene rings is 1. The van der Waals surface area contributed by atoms with Gasteiger partial charge in [-0.25, -0.2) is 4.79 Å². The Bertz CT molecular complexity index is 903. The summed E-state index contributed by atoms with van der Waals surface area (Å²) < 4.78 is 5.20. The first-order chi connectivity index (χ1) is 13.8. The van der Waals surface area contributed by atoms with E-state index in [1.807, 2.05) is 16.8 Å². The Morgan fingerprint density at radius 2 is 1.72 bits per heavy atom. The van der Waals surface area contributed by atoms with Crippen molar-refractivity contribution in [2.45, 2.75) is 26.4 Å². The van der Waals surface area contributed by atoms with Gasteiger partial charge < -0.3 is 9.64 Å². The first-order valence-electron chi connectivity index (χ1n) is 9.20. The molecule has 0 saturated carbocycles. The molecule has 8 heteroatoms. The molecule has 0 spiro atoms. The molecule has 0 saturated heterocycles. The SMILES string of the molecule is CC(C)[C@H](C(=O)OCC(=O)N(C)Cc1ccsc1)N1C(=O)c2ccccc2C1=O. The maximum atomic E-state index is 12.7. The first-order valence-corrected chi connectivity index (χ1v) is 10.1. The van der Waals surface area contributed by atoms with Crippen LogP contribution in [0.4, 0.5) is 0 Å². The molecular formula is C21H22N2O5S. The van der Waals surface area contributed by atoms with E-state index in [1.54, 1.807) is 45.2 Å². The van der Waals surface area contributed by atoms with Crippen molar-refractivity contribution in [2.75, 3.05) is 13.7 Å². The molecule has 0 N–H and O–H groups in total. The molecule has 2 aromatic rings. The number of nitrogens with zero attached hydrogens (tertiary/aromatic N) is 2. The van der Waals surface area contributed by atoms with Gasteiger partial charge in [0, 0.05) is 13.6 Å². The highest BCUT2D eigenvalue weighted by Gasteiger charge is 2.44. The van der Waals surface area contributed by atoms with Gasteiger partial charge >= 0.3 is 5.97 Å². The summed E-state index contributed by atoms with van der Waals surface area (Å²) in [6.45, 7) is 3.40. The Hall–Kier alpha value is -3.00. The molecule has 1 aromatic heterocycles. The van der Waals surface area contributed by atoms with Crippen molar-refractivity contribution < 1.29 is 23.9 Å². The number of thiophene rings is 1. The lowest BCUT2D eigenvalue weighted by molar-refractivity contribution is -0.156. The molecule has 1 aliphatic heterocycles. The number of carbonyl (C=O) groups excluding carboxylic acids is 4. The largest absolute Gasteiger partial charge is 0.454 e. The van der Waals surface area contributed by atoms with Crippen molar-refractivity contribution in [3.63, 3.8) is 0 Å². The van der Waals surface area contributed by atoms with Crippen molar-refractivity contribution >= 4 is 35.0 Å². The molecule has 0 unspecified atom stereocenters. The van der Waals surface area contributed by atoms with Gasteiger partial charge in [-0.15, -0.1) is 0 Å². The number of imide groups is 1. The molecule has 0 bridgehead atoms. The van der Waals surface area contributed by atoms with Gasteiger partial charge in [-0.05, 0) is 40.4 Å². The van der Waals surface area contributed by atoms with Crippen LogP contribution in [-0.2, 0) is 20.9 Å². The van der Waals surface area contributed by atoms with Gasteiger partial charge in [0.2, 0.25) is 0 Å². The topological polar surface area (TPSA) is 84.0 Å². The normalized spacial score (nSPS) is 14.1. The van der Waals surface area contributed by atoms with Crippen LogP contribution >= 0.6 is 11.3 Å². The zero-order valence-corrected chi connectivity index (χ0v) is 17.3. The third-order valence-electron chi connectivity index (χ3n) is 4.74. The summed E-state index contributed by atoms with van der Waals surface area (Å²) in [5.41, 5.74) is 1.52. The van der Waals surface area contributed by atoms with E-state index < -0.39 is 30.4 Å². The summed E-state index contributed by atoms with van der Waals surface area (Å²) in [4.78, 5) is 52.8. The summed E-state index contributed by atoms with van der Waals surface area (Å²) in [5, 5.41) is 3.86. The molecule has 3 rings (SSSR count). The van der Waals surface area contributed by atoms with E-state index in [0.29, 0.717) is 6.54 Å². The number of hydrogen-bond acceptors (Lipinski definition) is 6. The Balaban J connectivity index is 1.67. The van der Waals surface area contributed by atoms with E-state index in [2.05, 4.69) is 0 Å². The number of likely N-dealkylation sites (N-methyl/N-ethyl adjacent to an activating group) is 1. The van der Waals surface area contributed by atoms with Gasteiger partial charge in [-0.2, -0.15) is 11.3 Å². The zero-order valence-electron chi connectivity index (χ0n) is 16.5. The minimum absolute atomic E-state index is 0.266. The Morgan fingerprint density at radius 1 is 1.10 bits per heavy atom. The van der Waals surface area contributed by atoms with E-state index in [9.17, 15) is 19.2 Å². The number of esters is 1. The molecular weight excluding hydrogens is 392 g/mol. The van der Waals surface area contributed by atoms with Gasteiger partial charge in [-0.1, -0.05) is 26.0 Å². The molecule has 3 amide bonds.